The normalized spacial score (nSPS) is 13.1. The summed E-state index contributed by atoms with van der Waals surface area (Å²) in [5.74, 6) is -1.62. The average molecular weight is 596 g/mol. The molecule has 4 aromatic rings. The fraction of sp³-hybridized carbons (Fsp3) is 0.257. The Kier molecular flexibility index (Phi) is 10.7. The monoisotopic (exact) mass is 595 g/mol. The zero-order valence-electron chi connectivity index (χ0n) is 24.7. The first-order chi connectivity index (χ1) is 21.1. The molecule has 0 saturated carbocycles. The van der Waals surface area contributed by atoms with Gasteiger partial charge in [0.05, 0.1) is 12.5 Å². The van der Waals surface area contributed by atoms with Crippen LogP contribution in [0.5, 0.6) is 11.5 Å². The van der Waals surface area contributed by atoms with Crippen LogP contribution < -0.4 is 16.0 Å². The average Bonchev–Trinajstić information content (AvgIpc) is 3.01. The van der Waals surface area contributed by atoms with Gasteiger partial charge in [0.2, 0.25) is 17.7 Å². The minimum absolute atomic E-state index is 0.0487. The highest BCUT2D eigenvalue weighted by Crippen LogP contribution is 2.19. The summed E-state index contributed by atoms with van der Waals surface area (Å²) in [6.07, 6.45) is 1.01. The van der Waals surface area contributed by atoms with E-state index in [0.29, 0.717) is 11.8 Å². The quantitative estimate of drug-likeness (QED) is 0.150. The zero-order valence-corrected chi connectivity index (χ0v) is 24.7. The molecule has 228 valence electrons. The number of aldehydes is 1. The molecule has 3 amide bonds. The first-order valence-electron chi connectivity index (χ1n) is 14.5. The van der Waals surface area contributed by atoms with Gasteiger partial charge >= 0.3 is 0 Å². The van der Waals surface area contributed by atoms with E-state index in [4.69, 9.17) is 0 Å². The number of phenols is 2. The van der Waals surface area contributed by atoms with Crippen LogP contribution in [-0.2, 0) is 38.4 Å². The largest absolute Gasteiger partial charge is 0.508 e. The maximum Gasteiger partial charge on any atom is 0.243 e. The Bertz CT molecular complexity index is 1600. The van der Waals surface area contributed by atoms with Crippen molar-refractivity contribution in [1.82, 2.24) is 16.0 Å². The second-order valence-corrected chi connectivity index (χ2v) is 11.2. The van der Waals surface area contributed by atoms with Crippen molar-refractivity contribution in [3.05, 3.63) is 108 Å². The maximum atomic E-state index is 13.7. The van der Waals surface area contributed by atoms with Gasteiger partial charge in [-0.2, -0.15) is 0 Å². The molecule has 4 rings (SSSR count). The summed E-state index contributed by atoms with van der Waals surface area (Å²) in [5.41, 5.74) is 2.26. The van der Waals surface area contributed by atoms with Crippen molar-refractivity contribution in [3.63, 3.8) is 0 Å². The van der Waals surface area contributed by atoms with Crippen LogP contribution >= 0.6 is 0 Å². The highest BCUT2D eigenvalue weighted by atomic mass is 16.3. The van der Waals surface area contributed by atoms with E-state index in [1.807, 2.05) is 42.5 Å². The Labute approximate surface area is 256 Å². The molecule has 0 bridgehead atoms. The van der Waals surface area contributed by atoms with Crippen molar-refractivity contribution in [3.8, 4) is 11.5 Å². The zero-order chi connectivity index (χ0) is 31.6. The number of aromatic hydroxyl groups is 2. The predicted octanol–water partition coefficient (Wildman–Crippen LogP) is 3.59. The van der Waals surface area contributed by atoms with Crippen molar-refractivity contribution in [1.29, 1.82) is 0 Å². The van der Waals surface area contributed by atoms with Gasteiger partial charge in [-0.15, -0.1) is 0 Å². The van der Waals surface area contributed by atoms with E-state index < -0.39 is 29.9 Å². The van der Waals surface area contributed by atoms with Gasteiger partial charge in [0, 0.05) is 6.42 Å². The lowest BCUT2D eigenvalue weighted by molar-refractivity contribution is -0.133. The van der Waals surface area contributed by atoms with Crippen molar-refractivity contribution in [2.24, 2.45) is 5.92 Å². The summed E-state index contributed by atoms with van der Waals surface area (Å²) in [5, 5.41) is 29.5. The molecule has 0 fully saturated rings. The predicted molar refractivity (Wildman–Crippen MR) is 168 cm³/mol. The van der Waals surface area contributed by atoms with Crippen LogP contribution in [0.25, 0.3) is 10.8 Å². The molecule has 0 unspecified atom stereocenters. The molecule has 0 spiro atoms. The van der Waals surface area contributed by atoms with E-state index in [1.54, 1.807) is 38.1 Å². The number of benzene rings is 4. The maximum absolute atomic E-state index is 13.7. The number of hydrogen-bond acceptors (Lipinski definition) is 6. The SMILES string of the molecule is CC(C)[C@H](NC(=O)[C@H](Cc1ccc(O)cc1)NC(=O)Cc1cccc2ccccc12)C(=O)N[C@H](C=O)Cc1ccc(O)cc1. The lowest BCUT2D eigenvalue weighted by Crippen LogP contribution is -2.57. The molecular weight excluding hydrogens is 558 g/mol. The number of hydrogen-bond donors (Lipinski definition) is 5. The van der Waals surface area contributed by atoms with E-state index in [0.717, 1.165) is 21.9 Å². The van der Waals surface area contributed by atoms with E-state index in [2.05, 4.69) is 16.0 Å². The number of nitrogens with one attached hydrogen (secondary N) is 3. The molecule has 5 N–H and O–H groups in total. The fourth-order valence-electron chi connectivity index (χ4n) is 5.02. The van der Waals surface area contributed by atoms with Crippen LogP contribution in [0.2, 0.25) is 0 Å². The third kappa shape index (κ3) is 8.67. The van der Waals surface area contributed by atoms with Crippen LogP contribution in [0.3, 0.4) is 0 Å². The van der Waals surface area contributed by atoms with Crippen LogP contribution in [0.15, 0.2) is 91.0 Å². The molecule has 0 saturated heterocycles. The van der Waals surface area contributed by atoms with Crippen molar-refractivity contribution in [2.75, 3.05) is 0 Å². The molecule has 0 heterocycles. The Hall–Kier alpha value is -5.18. The van der Waals surface area contributed by atoms with Crippen molar-refractivity contribution < 1.29 is 29.4 Å². The van der Waals surface area contributed by atoms with Gasteiger partial charge in [-0.05, 0) is 64.1 Å². The third-order valence-corrected chi connectivity index (χ3v) is 7.39. The smallest absolute Gasteiger partial charge is 0.243 e. The van der Waals surface area contributed by atoms with E-state index in [-0.39, 0.29) is 42.6 Å². The van der Waals surface area contributed by atoms with Crippen LogP contribution in [-0.4, -0.2) is 52.3 Å². The Morgan fingerprint density at radius 3 is 1.91 bits per heavy atom. The molecule has 9 heteroatoms. The standard InChI is InChI=1S/C35H37N3O6/c1-22(2)33(35(44)36-27(21-39)18-23-10-14-28(40)15-11-23)38-34(43)31(19-24-12-16-29(41)17-13-24)37-32(42)20-26-8-5-7-25-6-3-4-9-30(25)26/h3-17,21-22,27,31,33,40-41H,18-20H2,1-2H3,(H,36,44)(H,37,42)(H,38,43)/t27-,31-,33-/m0/s1. The third-order valence-electron chi connectivity index (χ3n) is 7.39. The molecule has 4 aromatic carbocycles. The molecule has 0 aliphatic heterocycles. The van der Waals surface area contributed by atoms with Crippen LogP contribution in [0.4, 0.5) is 0 Å². The molecule has 44 heavy (non-hydrogen) atoms. The lowest BCUT2D eigenvalue weighted by Gasteiger charge is -2.26. The summed E-state index contributed by atoms with van der Waals surface area (Å²) in [6.45, 7) is 3.54. The van der Waals surface area contributed by atoms with E-state index >= 15 is 0 Å². The molecule has 9 nitrogen and oxygen atoms in total. The Morgan fingerprint density at radius 1 is 0.705 bits per heavy atom. The number of phenolic OH excluding ortho intramolecular Hbond substituents is 2. The lowest BCUT2D eigenvalue weighted by atomic mass is 9.99. The second kappa shape index (κ2) is 14.8. The van der Waals surface area contributed by atoms with Gasteiger partial charge < -0.3 is 31.0 Å². The number of fused-ring (bicyclic) bond motifs is 1. The highest BCUT2D eigenvalue weighted by molar-refractivity contribution is 5.95. The number of rotatable bonds is 13. The highest BCUT2D eigenvalue weighted by Gasteiger charge is 2.30. The number of amides is 3. The molecule has 0 aliphatic carbocycles. The van der Waals surface area contributed by atoms with Gasteiger partial charge in [-0.3, -0.25) is 14.4 Å². The summed E-state index contributed by atoms with van der Waals surface area (Å²) in [4.78, 5) is 52.0. The molecule has 3 atom stereocenters. The molecule has 0 radical (unpaired) electrons. The topological polar surface area (TPSA) is 145 Å². The minimum atomic E-state index is -1.02. The fourth-order valence-corrected chi connectivity index (χ4v) is 5.02. The van der Waals surface area contributed by atoms with Gasteiger partial charge in [0.1, 0.15) is 29.9 Å². The van der Waals surface area contributed by atoms with Gasteiger partial charge in [0.25, 0.3) is 0 Å². The minimum Gasteiger partial charge on any atom is -0.508 e. The van der Waals surface area contributed by atoms with Gasteiger partial charge in [0.15, 0.2) is 0 Å². The second-order valence-electron chi connectivity index (χ2n) is 11.2. The summed E-state index contributed by atoms with van der Waals surface area (Å²) in [6, 6.07) is 23.3. The Morgan fingerprint density at radius 2 is 1.30 bits per heavy atom. The van der Waals surface area contributed by atoms with Gasteiger partial charge in [-0.1, -0.05) is 80.6 Å². The van der Waals surface area contributed by atoms with E-state index in [9.17, 15) is 29.4 Å². The Balaban J connectivity index is 1.49. The number of carbonyl (C=O) groups is 4. The van der Waals surface area contributed by atoms with E-state index in [1.165, 1.54) is 24.3 Å². The molecular formula is C35H37N3O6. The molecule has 0 aromatic heterocycles. The molecule has 0 aliphatic rings. The van der Waals surface area contributed by atoms with Crippen molar-refractivity contribution in [2.45, 2.75) is 51.2 Å². The van der Waals surface area contributed by atoms with Gasteiger partial charge in [-0.25, -0.2) is 0 Å². The van der Waals surface area contributed by atoms with Crippen LogP contribution in [0, 0.1) is 5.92 Å². The summed E-state index contributed by atoms with van der Waals surface area (Å²) < 4.78 is 0. The number of carbonyl (C=O) groups excluding carboxylic acids is 4. The summed E-state index contributed by atoms with van der Waals surface area (Å²) >= 11 is 0. The van der Waals surface area contributed by atoms with Crippen LogP contribution in [0.1, 0.15) is 30.5 Å². The first-order valence-corrected chi connectivity index (χ1v) is 14.5. The summed E-state index contributed by atoms with van der Waals surface area (Å²) in [7, 11) is 0. The van der Waals surface area contributed by atoms with Crippen molar-refractivity contribution >= 4 is 34.8 Å². The first kappa shape index (κ1) is 31.7.